The Hall–Kier alpha value is -2.08. The van der Waals surface area contributed by atoms with E-state index in [1.54, 1.807) is 9.80 Å². The number of benzene rings is 1. The lowest BCUT2D eigenvalue weighted by Gasteiger charge is -2.34. The lowest BCUT2D eigenvalue weighted by molar-refractivity contribution is -0.142. The van der Waals surface area contributed by atoms with Crippen molar-refractivity contribution in [1.82, 2.24) is 9.80 Å². The molecule has 0 bridgehead atoms. The Bertz CT molecular complexity index is 470. The van der Waals surface area contributed by atoms with Gasteiger partial charge in [-0.05, 0) is 12.1 Å². The molecule has 0 aromatic heterocycles. The van der Waals surface area contributed by atoms with Gasteiger partial charge in [0.15, 0.2) is 6.61 Å². The average molecular weight is 292 g/mol. The van der Waals surface area contributed by atoms with Gasteiger partial charge in [0.05, 0.1) is 0 Å². The first-order valence-electron chi connectivity index (χ1n) is 6.93. The molecule has 0 radical (unpaired) electrons. The molecule has 1 aliphatic rings. The molecule has 21 heavy (non-hydrogen) atoms. The highest BCUT2D eigenvalue weighted by atomic mass is 16.5. The molecule has 1 fully saturated rings. The summed E-state index contributed by atoms with van der Waals surface area (Å²) in [6.07, 6.45) is 0. The van der Waals surface area contributed by atoms with Crippen molar-refractivity contribution in [2.45, 2.75) is 0 Å². The van der Waals surface area contributed by atoms with Crippen LogP contribution in [0.3, 0.4) is 0 Å². The second-order valence-corrected chi connectivity index (χ2v) is 4.80. The first kappa shape index (κ1) is 15.3. The number of hydrogen-bond donors (Lipinski definition) is 0. The quantitative estimate of drug-likeness (QED) is 0.787. The van der Waals surface area contributed by atoms with Crippen LogP contribution >= 0.6 is 0 Å². The maximum atomic E-state index is 12.0. The van der Waals surface area contributed by atoms with Crippen LogP contribution in [0.4, 0.5) is 0 Å². The Labute approximate surface area is 124 Å². The summed E-state index contributed by atoms with van der Waals surface area (Å²) in [5.74, 6) is 0.586. The molecule has 1 aliphatic heterocycles. The smallest absolute Gasteiger partial charge is 0.260 e. The van der Waals surface area contributed by atoms with Crippen molar-refractivity contribution in [1.29, 1.82) is 0 Å². The molecule has 0 aliphatic carbocycles. The summed E-state index contributed by atoms with van der Waals surface area (Å²) in [4.78, 5) is 27.1. The SMILES string of the molecule is COCC(=O)N1CCN(C(=O)COc2ccccc2)CC1. The molecule has 114 valence electrons. The summed E-state index contributed by atoms with van der Waals surface area (Å²) in [5, 5.41) is 0. The Kier molecular flexibility index (Phi) is 5.57. The summed E-state index contributed by atoms with van der Waals surface area (Å²) in [6, 6.07) is 9.24. The van der Waals surface area contributed by atoms with Crippen LogP contribution < -0.4 is 4.74 Å². The monoisotopic (exact) mass is 292 g/mol. The van der Waals surface area contributed by atoms with E-state index in [4.69, 9.17) is 9.47 Å². The number of nitrogens with zero attached hydrogens (tertiary/aromatic N) is 2. The van der Waals surface area contributed by atoms with Crippen LogP contribution in [-0.2, 0) is 14.3 Å². The second kappa shape index (κ2) is 7.64. The first-order chi connectivity index (χ1) is 10.2. The number of rotatable bonds is 5. The zero-order valence-electron chi connectivity index (χ0n) is 12.2. The number of carbonyl (C=O) groups is 2. The Morgan fingerprint density at radius 1 is 0.952 bits per heavy atom. The zero-order valence-corrected chi connectivity index (χ0v) is 12.2. The van der Waals surface area contributed by atoms with Crippen LogP contribution in [0.15, 0.2) is 30.3 Å². The Morgan fingerprint density at radius 2 is 1.48 bits per heavy atom. The molecule has 1 heterocycles. The van der Waals surface area contributed by atoms with Crippen molar-refractivity contribution in [3.63, 3.8) is 0 Å². The number of para-hydroxylation sites is 1. The van der Waals surface area contributed by atoms with Crippen molar-refractivity contribution in [2.75, 3.05) is 46.5 Å². The molecule has 2 rings (SSSR count). The molecule has 1 aromatic carbocycles. The lowest BCUT2D eigenvalue weighted by Crippen LogP contribution is -2.52. The number of hydrogen-bond acceptors (Lipinski definition) is 4. The predicted molar refractivity (Wildman–Crippen MR) is 77.0 cm³/mol. The molecule has 1 saturated heterocycles. The van der Waals surface area contributed by atoms with Crippen LogP contribution in [0.2, 0.25) is 0 Å². The van der Waals surface area contributed by atoms with Gasteiger partial charge >= 0.3 is 0 Å². The largest absolute Gasteiger partial charge is 0.484 e. The number of methoxy groups -OCH3 is 1. The average Bonchev–Trinajstić information content (AvgIpc) is 2.54. The fourth-order valence-electron chi connectivity index (χ4n) is 2.17. The van der Waals surface area contributed by atoms with E-state index in [9.17, 15) is 9.59 Å². The van der Waals surface area contributed by atoms with Crippen LogP contribution in [0.1, 0.15) is 0 Å². The maximum Gasteiger partial charge on any atom is 0.260 e. The third-order valence-corrected chi connectivity index (χ3v) is 3.36. The van der Waals surface area contributed by atoms with Gasteiger partial charge in [-0.15, -0.1) is 0 Å². The van der Waals surface area contributed by atoms with Crippen LogP contribution in [0.5, 0.6) is 5.75 Å². The number of ether oxygens (including phenoxy) is 2. The van der Waals surface area contributed by atoms with Crippen molar-refractivity contribution in [2.24, 2.45) is 0 Å². The van der Waals surface area contributed by atoms with E-state index in [1.807, 2.05) is 30.3 Å². The van der Waals surface area contributed by atoms with E-state index in [2.05, 4.69) is 0 Å². The highest BCUT2D eigenvalue weighted by Gasteiger charge is 2.24. The molecule has 6 nitrogen and oxygen atoms in total. The molecule has 6 heteroatoms. The molecular weight excluding hydrogens is 272 g/mol. The van der Waals surface area contributed by atoms with Crippen LogP contribution in [0, 0.1) is 0 Å². The van der Waals surface area contributed by atoms with Gasteiger partial charge in [0, 0.05) is 33.3 Å². The minimum absolute atomic E-state index is 0.0238. The summed E-state index contributed by atoms with van der Waals surface area (Å²) in [6.45, 7) is 2.26. The van der Waals surface area contributed by atoms with Gasteiger partial charge in [0.1, 0.15) is 12.4 Å². The molecular formula is C15H20N2O4. The first-order valence-corrected chi connectivity index (χ1v) is 6.93. The number of piperazine rings is 1. The normalized spacial score (nSPS) is 14.9. The van der Waals surface area contributed by atoms with E-state index < -0.39 is 0 Å². The summed E-state index contributed by atoms with van der Waals surface area (Å²) < 4.78 is 10.3. The molecule has 1 aromatic rings. The summed E-state index contributed by atoms with van der Waals surface area (Å²) in [7, 11) is 1.50. The van der Waals surface area contributed by atoms with E-state index in [0.29, 0.717) is 31.9 Å². The number of amides is 2. The van der Waals surface area contributed by atoms with Gasteiger partial charge in [0.25, 0.3) is 5.91 Å². The van der Waals surface area contributed by atoms with E-state index in [1.165, 1.54) is 7.11 Å². The van der Waals surface area contributed by atoms with Crippen molar-refractivity contribution in [3.05, 3.63) is 30.3 Å². The molecule has 0 atom stereocenters. The lowest BCUT2D eigenvalue weighted by atomic mass is 10.3. The molecule has 0 saturated carbocycles. The van der Waals surface area contributed by atoms with Gasteiger partial charge in [-0.3, -0.25) is 9.59 Å². The summed E-state index contributed by atoms with van der Waals surface area (Å²) >= 11 is 0. The van der Waals surface area contributed by atoms with Crippen LogP contribution in [-0.4, -0.2) is 68.1 Å². The molecule has 0 N–H and O–H groups in total. The highest BCUT2D eigenvalue weighted by molar-refractivity contribution is 5.79. The number of carbonyl (C=O) groups excluding carboxylic acids is 2. The third kappa shape index (κ3) is 4.46. The second-order valence-electron chi connectivity index (χ2n) is 4.80. The predicted octanol–water partition coefficient (Wildman–Crippen LogP) is 0.383. The Balaban J connectivity index is 1.74. The van der Waals surface area contributed by atoms with Gasteiger partial charge in [0.2, 0.25) is 5.91 Å². The fraction of sp³-hybridized carbons (Fsp3) is 0.467. The zero-order chi connectivity index (χ0) is 15.1. The van der Waals surface area contributed by atoms with Crippen molar-refractivity contribution < 1.29 is 19.1 Å². The van der Waals surface area contributed by atoms with E-state index >= 15 is 0 Å². The third-order valence-electron chi connectivity index (χ3n) is 3.36. The molecule has 0 unspecified atom stereocenters. The topological polar surface area (TPSA) is 59.1 Å². The van der Waals surface area contributed by atoms with Crippen molar-refractivity contribution in [3.8, 4) is 5.75 Å². The standard InChI is InChI=1S/C15H20N2O4/c1-20-11-14(18)16-7-9-17(10-8-16)15(19)12-21-13-5-3-2-4-6-13/h2-6H,7-12H2,1H3. The molecule has 2 amide bonds. The van der Waals surface area contributed by atoms with Gasteiger partial charge in [-0.2, -0.15) is 0 Å². The van der Waals surface area contributed by atoms with E-state index in [0.717, 1.165) is 0 Å². The van der Waals surface area contributed by atoms with Crippen molar-refractivity contribution >= 4 is 11.8 Å². The Morgan fingerprint density at radius 3 is 2.00 bits per heavy atom. The minimum Gasteiger partial charge on any atom is -0.484 e. The van der Waals surface area contributed by atoms with Crippen LogP contribution in [0.25, 0.3) is 0 Å². The van der Waals surface area contributed by atoms with Gasteiger partial charge in [-0.1, -0.05) is 18.2 Å². The molecule has 0 spiro atoms. The summed E-state index contributed by atoms with van der Waals surface area (Å²) in [5.41, 5.74) is 0. The maximum absolute atomic E-state index is 12.0. The highest BCUT2D eigenvalue weighted by Crippen LogP contribution is 2.09. The van der Waals surface area contributed by atoms with Gasteiger partial charge in [-0.25, -0.2) is 0 Å². The van der Waals surface area contributed by atoms with Gasteiger partial charge < -0.3 is 19.3 Å². The minimum atomic E-state index is -0.0577. The van der Waals surface area contributed by atoms with E-state index in [-0.39, 0.29) is 25.0 Å². The fourth-order valence-corrected chi connectivity index (χ4v) is 2.17.